The Kier molecular flexibility index (Phi) is 6.15. The van der Waals surface area contributed by atoms with Crippen molar-refractivity contribution in [3.63, 3.8) is 0 Å². The summed E-state index contributed by atoms with van der Waals surface area (Å²) in [6, 6.07) is 26.1. The summed E-state index contributed by atoms with van der Waals surface area (Å²) in [6.07, 6.45) is 1.35. The Bertz CT molecular complexity index is 1610. The van der Waals surface area contributed by atoms with Crippen LogP contribution >= 0.6 is 11.8 Å². The fourth-order valence-corrected chi connectivity index (χ4v) is 4.29. The molecule has 0 atom stereocenters. The van der Waals surface area contributed by atoms with Crippen LogP contribution in [0.2, 0.25) is 0 Å². The first-order valence-electron chi connectivity index (χ1n) is 10.6. The van der Waals surface area contributed by atoms with Crippen LogP contribution < -0.4 is 11.0 Å². The van der Waals surface area contributed by atoms with Crippen molar-refractivity contribution in [2.45, 2.75) is 10.2 Å². The number of nitrogens with one attached hydrogen (secondary N) is 1. The van der Waals surface area contributed by atoms with E-state index in [1.54, 1.807) is 41.0 Å². The molecule has 0 fully saturated rings. The van der Waals surface area contributed by atoms with Gasteiger partial charge >= 0.3 is 0 Å². The molecule has 0 saturated heterocycles. The van der Waals surface area contributed by atoms with Gasteiger partial charge in [0.15, 0.2) is 10.2 Å². The van der Waals surface area contributed by atoms with Crippen LogP contribution in [0.15, 0.2) is 116 Å². The van der Waals surface area contributed by atoms with Gasteiger partial charge < -0.3 is 9.52 Å². The van der Waals surface area contributed by atoms with Crippen LogP contribution in [-0.2, 0) is 0 Å². The Morgan fingerprint density at radius 2 is 1.71 bits per heavy atom. The van der Waals surface area contributed by atoms with Gasteiger partial charge in [-0.05, 0) is 60.3 Å². The third kappa shape index (κ3) is 4.71. The molecule has 5 rings (SSSR count). The van der Waals surface area contributed by atoms with Crippen molar-refractivity contribution in [1.29, 1.82) is 0 Å². The van der Waals surface area contributed by atoms with Crippen molar-refractivity contribution < 1.29 is 14.3 Å². The molecule has 3 aromatic carbocycles. The van der Waals surface area contributed by atoms with Gasteiger partial charge in [-0.3, -0.25) is 14.2 Å². The smallest absolute Gasteiger partial charge is 0.275 e. The summed E-state index contributed by atoms with van der Waals surface area (Å²) in [5.41, 5.74) is 3.57. The van der Waals surface area contributed by atoms with E-state index in [2.05, 4.69) is 10.5 Å². The van der Waals surface area contributed by atoms with E-state index in [0.717, 1.165) is 0 Å². The number of para-hydroxylation sites is 3. The molecule has 2 aromatic heterocycles. The molecular formula is C26H18N4O4S. The van der Waals surface area contributed by atoms with Gasteiger partial charge in [0, 0.05) is 0 Å². The number of phenols is 1. The largest absolute Gasteiger partial charge is 0.507 e. The molecule has 9 heteroatoms. The first-order valence-corrected chi connectivity index (χ1v) is 11.4. The summed E-state index contributed by atoms with van der Waals surface area (Å²) in [5, 5.41) is 15.1. The second-order valence-electron chi connectivity index (χ2n) is 7.36. The third-order valence-corrected chi connectivity index (χ3v) is 5.94. The molecule has 5 aromatic rings. The number of fused-ring (bicyclic) bond motifs is 1. The molecule has 0 radical (unpaired) electrons. The molecule has 1 amide bonds. The number of aromatic nitrogens is 2. The number of furan rings is 1. The monoisotopic (exact) mass is 482 g/mol. The van der Waals surface area contributed by atoms with E-state index < -0.39 is 5.91 Å². The fourth-order valence-electron chi connectivity index (χ4n) is 3.41. The number of amides is 1. The van der Waals surface area contributed by atoms with Crippen molar-refractivity contribution in [2.24, 2.45) is 5.10 Å². The highest BCUT2D eigenvalue weighted by molar-refractivity contribution is 7.99. The van der Waals surface area contributed by atoms with E-state index in [1.165, 1.54) is 30.1 Å². The van der Waals surface area contributed by atoms with E-state index in [1.807, 2.05) is 42.5 Å². The third-order valence-electron chi connectivity index (χ3n) is 5.06. The molecule has 0 aliphatic carbocycles. The highest BCUT2D eigenvalue weighted by Gasteiger charge is 2.15. The van der Waals surface area contributed by atoms with Gasteiger partial charge in [-0.2, -0.15) is 5.10 Å². The lowest BCUT2D eigenvalue weighted by atomic mass is 10.2. The van der Waals surface area contributed by atoms with E-state index in [0.29, 0.717) is 32.6 Å². The van der Waals surface area contributed by atoms with Crippen LogP contribution in [0.5, 0.6) is 5.75 Å². The van der Waals surface area contributed by atoms with Gasteiger partial charge in [-0.15, -0.1) is 0 Å². The normalized spacial score (nSPS) is 11.2. The Morgan fingerprint density at radius 1 is 0.971 bits per heavy atom. The standard InChI is InChI=1S/C26H18N4O4S/c31-22-13-7-5-11-20(22)24(32)29-27-16-18-14-15-23(34-18)35-26-28-21-12-6-4-10-19(21)25(33)30(26)17-8-2-1-3-9-17/h1-16,31H,(H,29,32). The highest BCUT2D eigenvalue weighted by atomic mass is 32.2. The van der Waals surface area contributed by atoms with Gasteiger partial charge in [-0.1, -0.05) is 42.5 Å². The molecule has 172 valence electrons. The average Bonchev–Trinajstić information content (AvgIpc) is 3.32. The zero-order chi connectivity index (χ0) is 24.2. The number of phenolic OH excluding ortho intramolecular Hbond substituents is 1. The van der Waals surface area contributed by atoms with Gasteiger partial charge in [-0.25, -0.2) is 10.4 Å². The minimum absolute atomic E-state index is 0.113. The number of carbonyl (C=O) groups is 1. The van der Waals surface area contributed by atoms with Crippen molar-refractivity contribution in [1.82, 2.24) is 15.0 Å². The molecule has 0 saturated carbocycles. The van der Waals surface area contributed by atoms with Crippen LogP contribution in [0, 0.1) is 0 Å². The Balaban J connectivity index is 1.40. The molecular weight excluding hydrogens is 464 g/mol. The van der Waals surface area contributed by atoms with Crippen LogP contribution in [0.3, 0.4) is 0 Å². The molecule has 0 aliphatic heterocycles. The van der Waals surface area contributed by atoms with Crippen molar-refractivity contribution >= 4 is 34.8 Å². The van der Waals surface area contributed by atoms with Gasteiger partial charge in [0.2, 0.25) is 0 Å². The number of rotatable bonds is 6. The number of nitrogens with zero attached hydrogens (tertiary/aromatic N) is 3. The number of hydrazone groups is 1. The molecule has 0 aliphatic rings. The van der Waals surface area contributed by atoms with E-state index in [-0.39, 0.29) is 16.9 Å². The van der Waals surface area contributed by atoms with Crippen molar-refractivity contribution in [2.75, 3.05) is 0 Å². The Morgan fingerprint density at radius 3 is 2.54 bits per heavy atom. The second-order valence-corrected chi connectivity index (χ2v) is 8.33. The maximum absolute atomic E-state index is 13.3. The molecule has 35 heavy (non-hydrogen) atoms. The first-order chi connectivity index (χ1) is 17.1. The van der Waals surface area contributed by atoms with Crippen LogP contribution in [0.4, 0.5) is 0 Å². The van der Waals surface area contributed by atoms with E-state index in [9.17, 15) is 14.7 Å². The maximum atomic E-state index is 13.3. The lowest BCUT2D eigenvalue weighted by molar-refractivity contribution is 0.0952. The average molecular weight is 483 g/mol. The lowest BCUT2D eigenvalue weighted by Crippen LogP contribution is -2.21. The summed E-state index contributed by atoms with van der Waals surface area (Å²) >= 11 is 1.20. The predicted molar refractivity (Wildman–Crippen MR) is 133 cm³/mol. The Hall–Kier alpha value is -4.63. The van der Waals surface area contributed by atoms with Gasteiger partial charge in [0.25, 0.3) is 11.5 Å². The van der Waals surface area contributed by atoms with Gasteiger partial charge in [0.1, 0.15) is 11.5 Å². The van der Waals surface area contributed by atoms with E-state index in [4.69, 9.17) is 9.40 Å². The summed E-state index contributed by atoms with van der Waals surface area (Å²) in [4.78, 5) is 30.1. The minimum Gasteiger partial charge on any atom is -0.507 e. The van der Waals surface area contributed by atoms with Crippen LogP contribution in [-0.4, -0.2) is 26.8 Å². The summed E-state index contributed by atoms with van der Waals surface area (Å²) in [5.74, 6) is -0.295. The number of aromatic hydroxyl groups is 1. The number of hydrogen-bond donors (Lipinski definition) is 2. The first kappa shape index (κ1) is 22.2. The molecule has 0 spiro atoms. The predicted octanol–water partition coefficient (Wildman–Crippen LogP) is 4.60. The summed E-state index contributed by atoms with van der Waals surface area (Å²) in [6.45, 7) is 0. The SMILES string of the molecule is O=C(NN=Cc1ccc(Sc2nc3ccccc3c(=O)n2-c2ccccc2)o1)c1ccccc1O. The highest BCUT2D eigenvalue weighted by Crippen LogP contribution is 2.29. The fraction of sp³-hybridized carbons (Fsp3) is 0. The number of benzene rings is 3. The zero-order valence-corrected chi connectivity index (χ0v) is 19.0. The number of carbonyl (C=O) groups excluding carboxylic acids is 1. The zero-order valence-electron chi connectivity index (χ0n) is 18.2. The molecule has 8 nitrogen and oxygen atoms in total. The molecule has 0 bridgehead atoms. The quantitative estimate of drug-likeness (QED) is 0.208. The summed E-state index contributed by atoms with van der Waals surface area (Å²) in [7, 11) is 0. The van der Waals surface area contributed by atoms with Crippen molar-refractivity contribution in [3.05, 3.63) is 113 Å². The summed E-state index contributed by atoms with van der Waals surface area (Å²) < 4.78 is 7.35. The van der Waals surface area contributed by atoms with Crippen LogP contribution in [0.1, 0.15) is 16.1 Å². The van der Waals surface area contributed by atoms with E-state index >= 15 is 0 Å². The molecule has 0 unspecified atom stereocenters. The van der Waals surface area contributed by atoms with Crippen molar-refractivity contribution in [3.8, 4) is 11.4 Å². The maximum Gasteiger partial charge on any atom is 0.275 e. The second kappa shape index (κ2) is 9.70. The van der Waals surface area contributed by atoms with Crippen LogP contribution in [0.25, 0.3) is 16.6 Å². The number of hydrogen-bond acceptors (Lipinski definition) is 7. The topological polar surface area (TPSA) is 110 Å². The minimum atomic E-state index is -0.548. The van der Waals surface area contributed by atoms with Gasteiger partial charge in [0.05, 0.1) is 28.4 Å². The molecule has 2 heterocycles. The lowest BCUT2D eigenvalue weighted by Gasteiger charge is -2.12. The molecule has 2 N–H and O–H groups in total. The Labute approximate surface area is 203 Å².